The van der Waals surface area contributed by atoms with Crippen LogP contribution in [0.25, 0.3) is 0 Å². The van der Waals surface area contributed by atoms with E-state index in [1.807, 2.05) is 6.07 Å². The van der Waals surface area contributed by atoms with Gasteiger partial charge in [-0.05, 0) is 48.4 Å². The molecule has 0 fully saturated rings. The lowest BCUT2D eigenvalue weighted by molar-refractivity contribution is 0.0950. The molecule has 1 amide bonds. The Hall–Kier alpha value is -3.39. The van der Waals surface area contributed by atoms with E-state index in [0.29, 0.717) is 29.1 Å². The Morgan fingerprint density at radius 2 is 1.90 bits per heavy atom. The van der Waals surface area contributed by atoms with Crippen molar-refractivity contribution in [3.63, 3.8) is 0 Å². The van der Waals surface area contributed by atoms with Gasteiger partial charge in [-0.15, -0.1) is 0 Å². The van der Waals surface area contributed by atoms with E-state index in [9.17, 15) is 13.2 Å². The molecule has 30 heavy (non-hydrogen) atoms. The summed E-state index contributed by atoms with van der Waals surface area (Å²) in [4.78, 5) is 16.7. The molecule has 0 aliphatic heterocycles. The van der Waals surface area contributed by atoms with Crippen molar-refractivity contribution in [2.45, 2.75) is 18.4 Å². The monoisotopic (exact) mass is 425 g/mol. The number of carbonyl (C=O) groups excluding carboxylic acids is 1. The number of anilines is 1. The van der Waals surface area contributed by atoms with Gasteiger partial charge in [-0.1, -0.05) is 24.3 Å². The van der Waals surface area contributed by atoms with Gasteiger partial charge in [0.2, 0.25) is 0 Å². The predicted molar refractivity (Wildman–Crippen MR) is 115 cm³/mol. The minimum Gasteiger partial charge on any atom is -0.495 e. The third-order valence-corrected chi connectivity index (χ3v) is 6.48. The fourth-order valence-corrected chi connectivity index (χ4v) is 4.20. The van der Waals surface area contributed by atoms with Crippen LogP contribution in [0.3, 0.4) is 0 Å². The molecule has 0 aliphatic rings. The number of nitrogens with one attached hydrogen (secondary N) is 1. The number of benzene rings is 2. The van der Waals surface area contributed by atoms with Gasteiger partial charge in [-0.3, -0.25) is 14.1 Å². The third kappa shape index (κ3) is 4.44. The average Bonchev–Trinajstić information content (AvgIpc) is 2.77. The number of sulfonamides is 1. The first kappa shape index (κ1) is 21.3. The summed E-state index contributed by atoms with van der Waals surface area (Å²) in [6, 6.07) is 15.0. The minimum absolute atomic E-state index is 0.0213. The van der Waals surface area contributed by atoms with Crippen LogP contribution in [-0.4, -0.2) is 33.5 Å². The standard InChI is InChI=1S/C22H23N3O4S/c1-16-10-11-18(13-19(16)22(26)24-15-17-7-6-12-23-14-17)30(27,28)25(2)20-8-4-5-9-21(20)29-3/h4-14H,15H2,1-3H3,(H,24,26). The van der Waals surface area contributed by atoms with Gasteiger partial charge in [0.25, 0.3) is 15.9 Å². The molecular weight excluding hydrogens is 402 g/mol. The number of pyridine rings is 1. The second-order valence-electron chi connectivity index (χ2n) is 6.67. The second-order valence-corrected chi connectivity index (χ2v) is 8.63. The number of para-hydroxylation sites is 2. The van der Waals surface area contributed by atoms with Gasteiger partial charge < -0.3 is 10.1 Å². The summed E-state index contributed by atoms with van der Waals surface area (Å²) in [7, 11) is -0.966. The first-order chi connectivity index (χ1) is 14.3. The number of hydrogen-bond donors (Lipinski definition) is 1. The summed E-state index contributed by atoms with van der Waals surface area (Å²) in [6.45, 7) is 2.06. The lowest BCUT2D eigenvalue weighted by Gasteiger charge is -2.22. The Balaban J connectivity index is 1.88. The lowest BCUT2D eigenvalue weighted by Crippen LogP contribution is -2.28. The molecule has 7 nitrogen and oxygen atoms in total. The van der Waals surface area contributed by atoms with Gasteiger partial charge in [0, 0.05) is 31.5 Å². The number of amides is 1. The van der Waals surface area contributed by atoms with Crippen molar-refractivity contribution in [2.75, 3.05) is 18.5 Å². The van der Waals surface area contributed by atoms with E-state index in [1.54, 1.807) is 55.7 Å². The molecule has 0 radical (unpaired) electrons. The Morgan fingerprint density at radius 1 is 1.13 bits per heavy atom. The molecule has 8 heteroatoms. The van der Waals surface area contributed by atoms with E-state index >= 15 is 0 Å². The van der Waals surface area contributed by atoms with Crippen LogP contribution in [0, 0.1) is 6.92 Å². The Bertz CT molecular complexity index is 1150. The maximum atomic E-state index is 13.2. The van der Waals surface area contributed by atoms with E-state index in [2.05, 4.69) is 10.3 Å². The molecular formula is C22H23N3O4S. The summed E-state index contributed by atoms with van der Waals surface area (Å²) in [5.41, 5.74) is 2.23. The molecule has 0 unspecified atom stereocenters. The predicted octanol–water partition coefficient (Wildman–Crippen LogP) is 3.15. The second kappa shape index (κ2) is 8.96. The van der Waals surface area contributed by atoms with E-state index < -0.39 is 10.0 Å². The van der Waals surface area contributed by atoms with Crippen molar-refractivity contribution in [2.24, 2.45) is 0 Å². The molecule has 0 saturated carbocycles. The molecule has 1 N–H and O–H groups in total. The molecule has 0 spiro atoms. The number of ether oxygens (including phenoxy) is 1. The SMILES string of the molecule is COc1ccccc1N(C)S(=O)(=O)c1ccc(C)c(C(=O)NCc2cccnc2)c1. The highest BCUT2D eigenvalue weighted by Gasteiger charge is 2.25. The first-order valence-corrected chi connectivity index (χ1v) is 10.7. The molecule has 1 aromatic heterocycles. The van der Waals surface area contributed by atoms with Gasteiger partial charge in [0.15, 0.2) is 0 Å². The fourth-order valence-electron chi connectivity index (χ4n) is 2.96. The third-order valence-electron chi connectivity index (χ3n) is 4.71. The molecule has 156 valence electrons. The Kier molecular flexibility index (Phi) is 6.37. The van der Waals surface area contributed by atoms with Crippen molar-refractivity contribution in [1.29, 1.82) is 0 Å². The summed E-state index contributed by atoms with van der Waals surface area (Å²) >= 11 is 0. The topological polar surface area (TPSA) is 88.6 Å². The van der Waals surface area contributed by atoms with Gasteiger partial charge >= 0.3 is 0 Å². The summed E-state index contributed by atoms with van der Waals surface area (Å²) in [5, 5.41) is 2.81. The van der Waals surface area contributed by atoms with Crippen molar-refractivity contribution < 1.29 is 17.9 Å². The number of aryl methyl sites for hydroxylation is 1. The van der Waals surface area contributed by atoms with E-state index in [0.717, 1.165) is 9.87 Å². The average molecular weight is 426 g/mol. The summed E-state index contributed by atoms with van der Waals surface area (Å²) in [5.74, 6) is 0.0819. The van der Waals surface area contributed by atoms with Crippen LogP contribution in [0.15, 0.2) is 71.9 Å². The number of nitrogens with zero attached hydrogens (tertiary/aromatic N) is 2. The van der Waals surface area contributed by atoms with Crippen LogP contribution >= 0.6 is 0 Å². The number of rotatable bonds is 7. The van der Waals surface area contributed by atoms with E-state index in [4.69, 9.17) is 4.74 Å². The van der Waals surface area contributed by atoms with Crippen molar-refractivity contribution in [3.05, 3.63) is 83.7 Å². The number of aromatic nitrogens is 1. The highest BCUT2D eigenvalue weighted by Crippen LogP contribution is 2.31. The largest absolute Gasteiger partial charge is 0.495 e. The van der Waals surface area contributed by atoms with Crippen LogP contribution in [0.4, 0.5) is 5.69 Å². The zero-order chi connectivity index (χ0) is 21.7. The molecule has 3 rings (SSSR count). The molecule has 1 heterocycles. The van der Waals surface area contributed by atoms with Crippen molar-refractivity contribution in [3.8, 4) is 5.75 Å². The van der Waals surface area contributed by atoms with Gasteiger partial charge in [0.05, 0.1) is 17.7 Å². The maximum absolute atomic E-state index is 13.2. The van der Waals surface area contributed by atoms with Gasteiger partial charge in [-0.25, -0.2) is 8.42 Å². The first-order valence-electron chi connectivity index (χ1n) is 9.24. The molecule has 2 aromatic carbocycles. The highest BCUT2D eigenvalue weighted by molar-refractivity contribution is 7.92. The Labute approximate surface area is 176 Å². The van der Waals surface area contributed by atoms with E-state index in [1.165, 1.54) is 26.3 Å². The maximum Gasteiger partial charge on any atom is 0.264 e. The van der Waals surface area contributed by atoms with Gasteiger partial charge in [-0.2, -0.15) is 0 Å². The zero-order valence-corrected chi connectivity index (χ0v) is 17.8. The zero-order valence-electron chi connectivity index (χ0n) is 17.0. The molecule has 0 saturated heterocycles. The van der Waals surface area contributed by atoms with Crippen LogP contribution in [0.5, 0.6) is 5.75 Å². The van der Waals surface area contributed by atoms with Crippen molar-refractivity contribution >= 4 is 21.6 Å². The molecule has 0 bridgehead atoms. The smallest absolute Gasteiger partial charge is 0.264 e. The van der Waals surface area contributed by atoms with Crippen LogP contribution < -0.4 is 14.4 Å². The van der Waals surface area contributed by atoms with Crippen LogP contribution in [0.1, 0.15) is 21.5 Å². The quantitative estimate of drug-likeness (QED) is 0.628. The normalized spacial score (nSPS) is 11.0. The minimum atomic E-state index is -3.90. The van der Waals surface area contributed by atoms with Gasteiger partial charge in [0.1, 0.15) is 5.75 Å². The number of carbonyl (C=O) groups is 1. The fraction of sp³-hybridized carbons (Fsp3) is 0.182. The highest BCUT2D eigenvalue weighted by atomic mass is 32.2. The van der Waals surface area contributed by atoms with Crippen LogP contribution in [0.2, 0.25) is 0 Å². The number of methoxy groups -OCH3 is 1. The molecule has 0 aliphatic carbocycles. The molecule has 0 atom stereocenters. The Morgan fingerprint density at radius 3 is 2.60 bits per heavy atom. The molecule has 3 aromatic rings. The lowest BCUT2D eigenvalue weighted by atomic mass is 10.1. The summed E-state index contributed by atoms with van der Waals surface area (Å²) < 4.78 is 32.8. The summed E-state index contributed by atoms with van der Waals surface area (Å²) in [6.07, 6.45) is 3.32. The van der Waals surface area contributed by atoms with Crippen molar-refractivity contribution in [1.82, 2.24) is 10.3 Å². The number of hydrogen-bond acceptors (Lipinski definition) is 5. The van der Waals surface area contributed by atoms with E-state index in [-0.39, 0.29) is 10.8 Å². The van der Waals surface area contributed by atoms with Crippen LogP contribution in [-0.2, 0) is 16.6 Å².